The van der Waals surface area contributed by atoms with Gasteiger partial charge in [0.2, 0.25) is 5.95 Å². The maximum Gasteiger partial charge on any atom is 0.326 e. The van der Waals surface area contributed by atoms with Crippen molar-refractivity contribution >= 4 is 17.7 Å². The molecule has 0 bridgehead atoms. The highest BCUT2D eigenvalue weighted by Crippen LogP contribution is 2.08. The summed E-state index contributed by atoms with van der Waals surface area (Å²) in [4.78, 5) is 15.1. The van der Waals surface area contributed by atoms with Crippen molar-refractivity contribution in [3.05, 3.63) is 36.4 Å². The van der Waals surface area contributed by atoms with Crippen molar-refractivity contribution in [1.82, 2.24) is 15.2 Å². The van der Waals surface area contributed by atoms with E-state index in [1.807, 2.05) is 0 Å². The van der Waals surface area contributed by atoms with E-state index in [4.69, 9.17) is 0 Å². The van der Waals surface area contributed by atoms with Crippen LogP contribution in [0.15, 0.2) is 30.6 Å². The molecule has 0 radical (unpaired) electrons. The van der Waals surface area contributed by atoms with Crippen LogP contribution >= 0.6 is 0 Å². The molecule has 2 aromatic rings. The molecule has 0 atom stereocenters. The quantitative estimate of drug-likeness (QED) is 0.720. The molecule has 0 spiro atoms. The van der Waals surface area contributed by atoms with Gasteiger partial charge in [0.05, 0.1) is 0 Å². The van der Waals surface area contributed by atoms with Gasteiger partial charge in [-0.05, 0) is 24.3 Å². The van der Waals surface area contributed by atoms with Gasteiger partial charge >= 0.3 is 6.03 Å². The number of benzene rings is 1. The normalized spacial score (nSPS) is 9.81. The number of anilines is 2. The van der Waals surface area contributed by atoms with Gasteiger partial charge in [-0.1, -0.05) is 0 Å². The Morgan fingerprint density at radius 3 is 2.62 bits per heavy atom. The third kappa shape index (κ3) is 2.53. The first-order chi connectivity index (χ1) is 7.74. The lowest BCUT2D eigenvalue weighted by Gasteiger charge is -2.04. The minimum Gasteiger partial charge on any atom is -0.308 e. The number of aromatic amines is 1. The van der Waals surface area contributed by atoms with Crippen LogP contribution in [0.2, 0.25) is 0 Å². The highest BCUT2D eigenvalue weighted by Gasteiger charge is 2.03. The SMILES string of the molecule is O=C(Nc1ccc(F)cc1)Nc1ncn[nH]1. The molecule has 0 aliphatic heterocycles. The predicted octanol–water partition coefficient (Wildman–Crippen LogP) is 1.59. The second kappa shape index (κ2) is 4.39. The average molecular weight is 221 g/mol. The van der Waals surface area contributed by atoms with Crippen LogP contribution in [-0.4, -0.2) is 21.2 Å². The minimum atomic E-state index is -0.483. The highest BCUT2D eigenvalue weighted by molar-refractivity contribution is 5.98. The third-order valence-electron chi connectivity index (χ3n) is 1.75. The molecule has 82 valence electrons. The van der Waals surface area contributed by atoms with E-state index in [9.17, 15) is 9.18 Å². The van der Waals surface area contributed by atoms with E-state index in [0.29, 0.717) is 5.69 Å². The summed E-state index contributed by atoms with van der Waals surface area (Å²) in [6, 6.07) is 4.93. The smallest absolute Gasteiger partial charge is 0.308 e. The second-order valence-electron chi connectivity index (χ2n) is 2.92. The van der Waals surface area contributed by atoms with Crippen LogP contribution < -0.4 is 10.6 Å². The lowest BCUT2D eigenvalue weighted by Crippen LogP contribution is -2.20. The molecule has 0 fully saturated rings. The highest BCUT2D eigenvalue weighted by atomic mass is 19.1. The molecule has 6 nitrogen and oxygen atoms in total. The Hall–Kier alpha value is -2.44. The molecule has 16 heavy (non-hydrogen) atoms. The fraction of sp³-hybridized carbons (Fsp3) is 0. The Balaban J connectivity index is 1.95. The minimum absolute atomic E-state index is 0.236. The van der Waals surface area contributed by atoms with Gasteiger partial charge in [0.15, 0.2) is 0 Å². The van der Waals surface area contributed by atoms with Gasteiger partial charge in [-0.15, -0.1) is 0 Å². The summed E-state index contributed by atoms with van der Waals surface area (Å²) in [5.74, 6) is -0.124. The molecule has 2 rings (SSSR count). The van der Waals surface area contributed by atoms with E-state index >= 15 is 0 Å². The third-order valence-corrected chi connectivity index (χ3v) is 1.75. The topological polar surface area (TPSA) is 82.7 Å². The molecule has 0 saturated heterocycles. The van der Waals surface area contributed by atoms with Gasteiger partial charge in [0, 0.05) is 5.69 Å². The Morgan fingerprint density at radius 1 is 1.25 bits per heavy atom. The number of nitrogens with zero attached hydrogens (tertiary/aromatic N) is 2. The fourth-order valence-electron chi connectivity index (χ4n) is 1.07. The van der Waals surface area contributed by atoms with Crippen LogP contribution in [0.1, 0.15) is 0 Å². The summed E-state index contributed by atoms with van der Waals surface area (Å²) in [5.41, 5.74) is 0.485. The molecule has 1 heterocycles. The molecule has 0 unspecified atom stereocenters. The number of H-pyrrole nitrogens is 1. The number of urea groups is 1. The Kier molecular flexibility index (Phi) is 2.77. The van der Waals surface area contributed by atoms with Crippen molar-refractivity contribution in [2.24, 2.45) is 0 Å². The van der Waals surface area contributed by atoms with Crippen molar-refractivity contribution in [2.45, 2.75) is 0 Å². The zero-order chi connectivity index (χ0) is 11.4. The van der Waals surface area contributed by atoms with Gasteiger partial charge in [0.1, 0.15) is 12.1 Å². The summed E-state index contributed by atoms with van der Waals surface area (Å²) >= 11 is 0. The number of amides is 2. The zero-order valence-electron chi connectivity index (χ0n) is 8.07. The van der Waals surface area contributed by atoms with E-state index in [2.05, 4.69) is 25.8 Å². The lowest BCUT2D eigenvalue weighted by atomic mass is 10.3. The first kappa shape index (κ1) is 10.1. The van der Waals surface area contributed by atoms with E-state index < -0.39 is 6.03 Å². The van der Waals surface area contributed by atoms with Crippen molar-refractivity contribution < 1.29 is 9.18 Å². The molecule has 0 saturated carbocycles. The van der Waals surface area contributed by atoms with Crippen LogP contribution in [0.25, 0.3) is 0 Å². The van der Waals surface area contributed by atoms with Crippen LogP contribution in [0, 0.1) is 5.82 Å². The van der Waals surface area contributed by atoms with Gasteiger partial charge in [-0.2, -0.15) is 10.1 Å². The molecule has 0 aliphatic rings. The average Bonchev–Trinajstić information content (AvgIpc) is 2.74. The second-order valence-corrected chi connectivity index (χ2v) is 2.92. The zero-order valence-corrected chi connectivity index (χ0v) is 8.07. The molecular weight excluding hydrogens is 213 g/mol. The molecule has 1 aromatic heterocycles. The first-order valence-electron chi connectivity index (χ1n) is 4.43. The standard InChI is InChI=1S/C9H8FN5O/c10-6-1-3-7(4-2-6)13-9(16)14-8-11-5-12-15-8/h1-5H,(H3,11,12,13,14,15,16). The maximum atomic E-state index is 12.6. The van der Waals surface area contributed by atoms with E-state index in [-0.39, 0.29) is 11.8 Å². The number of rotatable bonds is 2. The largest absolute Gasteiger partial charge is 0.326 e. The molecule has 2 amide bonds. The van der Waals surface area contributed by atoms with E-state index in [1.54, 1.807) is 0 Å². The van der Waals surface area contributed by atoms with E-state index in [0.717, 1.165) is 0 Å². The first-order valence-corrected chi connectivity index (χ1v) is 4.43. The number of aromatic nitrogens is 3. The monoisotopic (exact) mass is 221 g/mol. The number of carbonyl (C=O) groups excluding carboxylic acids is 1. The van der Waals surface area contributed by atoms with Crippen molar-refractivity contribution in [3.63, 3.8) is 0 Å². The van der Waals surface area contributed by atoms with Crippen molar-refractivity contribution in [2.75, 3.05) is 10.6 Å². The number of hydrogen-bond acceptors (Lipinski definition) is 3. The van der Waals surface area contributed by atoms with Gasteiger partial charge in [0.25, 0.3) is 0 Å². The fourth-order valence-corrected chi connectivity index (χ4v) is 1.07. The number of nitrogens with one attached hydrogen (secondary N) is 3. The number of carbonyl (C=O) groups is 1. The van der Waals surface area contributed by atoms with Crippen LogP contribution in [0.3, 0.4) is 0 Å². The molecule has 1 aromatic carbocycles. The van der Waals surface area contributed by atoms with Crippen molar-refractivity contribution in [3.8, 4) is 0 Å². The summed E-state index contributed by atoms with van der Waals surface area (Å²) in [5, 5.41) is 11.0. The van der Waals surface area contributed by atoms with Gasteiger partial charge in [-0.25, -0.2) is 14.3 Å². The summed E-state index contributed by atoms with van der Waals surface area (Å²) in [6.45, 7) is 0. The summed E-state index contributed by atoms with van der Waals surface area (Å²) < 4.78 is 12.6. The Bertz CT molecular complexity index is 467. The molecular formula is C9H8FN5O. The maximum absolute atomic E-state index is 12.6. The Labute approximate surface area is 89.9 Å². The van der Waals surface area contributed by atoms with Crippen LogP contribution in [0.4, 0.5) is 20.8 Å². The van der Waals surface area contributed by atoms with E-state index in [1.165, 1.54) is 30.6 Å². The summed E-state index contributed by atoms with van der Waals surface area (Å²) in [7, 11) is 0. The predicted molar refractivity (Wildman–Crippen MR) is 55.4 cm³/mol. The molecule has 3 N–H and O–H groups in total. The molecule has 7 heteroatoms. The Morgan fingerprint density at radius 2 is 2.00 bits per heavy atom. The van der Waals surface area contributed by atoms with Crippen molar-refractivity contribution in [1.29, 1.82) is 0 Å². The lowest BCUT2D eigenvalue weighted by molar-refractivity contribution is 0.262. The number of hydrogen-bond donors (Lipinski definition) is 3. The summed E-state index contributed by atoms with van der Waals surface area (Å²) in [6.07, 6.45) is 1.27. The van der Waals surface area contributed by atoms with Crippen LogP contribution in [-0.2, 0) is 0 Å². The van der Waals surface area contributed by atoms with Gasteiger partial charge < -0.3 is 5.32 Å². The van der Waals surface area contributed by atoms with Crippen LogP contribution in [0.5, 0.6) is 0 Å². The van der Waals surface area contributed by atoms with Gasteiger partial charge in [-0.3, -0.25) is 5.32 Å². The molecule has 0 aliphatic carbocycles. The number of halogens is 1.